The van der Waals surface area contributed by atoms with Gasteiger partial charge in [0.1, 0.15) is 5.75 Å². The quantitative estimate of drug-likeness (QED) is 0.714. The van der Waals surface area contributed by atoms with Crippen LogP contribution in [0.25, 0.3) is 4.85 Å². The van der Waals surface area contributed by atoms with Crippen molar-refractivity contribution in [1.82, 2.24) is 0 Å². The Labute approximate surface area is 82.2 Å². The molecule has 0 atom stereocenters. The summed E-state index contributed by atoms with van der Waals surface area (Å²) in [6.07, 6.45) is 0. The number of phenolic OH excluding ortho intramolecular Hbond substituents is 1. The van der Waals surface area contributed by atoms with Crippen LogP contribution in [0.3, 0.4) is 0 Å². The standard InChI is InChI=1S/C10H10N2O2/c1-11-7-10(14)12(2)8-3-5-9(13)6-4-8/h3-6,13H,7H2,2H3. The highest BCUT2D eigenvalue weighted by Gasteiger charge is 2.12. The Morgan fingerprint density at radius 1 is 1.50 bits per heavy atom. The Bertz CT molecular complexity index is 365. The molecule has 1 aromatic rings. The Balaban J connectivity index is 2.80. The first-order valence-electron chi connectivity index (χ1n) is 4.04. The second-order valence-electron chi connectivity index (χ2n) is 2.79. The Morgan fingerprint density at radius 2 is 2.07 bits per heavy atom. The van der Waals surface area contributed by atoms with Gasteiger partial charge in [0, 0.05) is 12.7 Å². The molecule has 0 saturated heterocycles. The normalized spacial score (nSPS) is 9.14. The van der Waals surface area contributed by atoms with Gasteiger partial charge in [0.2, 0.25) is 0 Å². The smallest absolute Gasteiger partial charge is 0.306 e. The summed E-state index contributed by atoms with van der Waals surface area (Å²) < 4.78 is 0. The van der Waals surface area contributed by atoms with Gasteiger partial charge >= 0.3 is 5.91 Å². The van der Waals surface area contributed by atoms with Gasteiger partial charge < -0.3 is 14.9 Å². The van der Waals surface area contributed by atoms with E-state index in [1.54, 1.807) is 19.2 Å². The molecule has 0 saturated carbocycles. The van der Waals surface area contributed by atoms with Crippen molar-refractivity contribution in [1.29, 1.82) is 0 Å². The van der Waals surface area contributed by atoms with Crippen molar-refractivity contribution in [3.05, 3.63) is 35.7 Å². The predicted molar refractivity (Wildman–Crippen MR) is 53.0 cm³/mol. The van der Waals surface area contributed by atoms with Crippen molar-refractivity contribution in [2.24, 2.45) is 0 Å². The lowest BCUT2D eigenvalue weighted by Crippen LogP contribution is -2.27. The molecule has 14 heavy (non-hydrogen) atoms. The molecule has 1 N–H and O–H groups in total. The molecule has 4 heteroatoms. The highest BCUT2D eigenvalue weighted by Crippen LogP contribution is 2.17. The van der Waals surface area contributed by atoms with Crippen molar-refractivity contribution in [3.63, 3.8) is 0 Å². The van der Waals surface area contributed by atoms with E-state index in [4.69, 9.17) is 11.7 Å². The molecule has 0 aromatic heterocycles. The lowest BCUT2D eigenvalue weighted by atomic mass is 10.3. The number of hydrogen-bond acceptors (Lipinski definition) is 2. The van der Waals surface area contributed by atoms with Gasteiger partial charge in [0.15, 0.2) is 0 Å². The van der Waals surface area contributed by atoms with Crippen molar-refractivity contribution >= 4 is 11.6 Å². The summed E-state index contributed by atoms with van der Waals surface area (Å²) in [6.45, 7) is 6.41. The first-order valence-corrected chi connectivity index (χ1v) is 4.04. The summed E-state index contributed by atoms with van der Waals surface area (Å²) in [5.41, 5.74) is 0.663. The van der Waals surface area contributed by atoms with Crippen LogP contribution in [0, 0.1) is 6.57 Å². The van der Waals surface area contributed by atoms with E-state index in [1.807, 2.05) is 0 Å². The summed E-state index contributed by atoms with van der Waals surface area (Å²) in [6, 6.07) is 6.24. The zero-order valence-electron chi connectivity index (χ0n) is 7.77. The van der Waals surface area contributed by atoms with Gasteiger partial charge in [-0.2, -0.15) is 0 Å². The molecule has 1 amide bonds. The summed E-state index contributed by atoms with van der Waals surface area (Å²) in [5.74, 6) is -0.106. The van der Waals surface area contributed by atoms with Gasteiger partial charge in [0.25, 0.3) is 6.54 Å². The van der Waals surface area contributed by atoms with E-state index in [2.05, 4.69) is 4.85 Å². The van der Waals surface area contributed by atoms with Crippen LogP contribution in [0.2, 0.25) is 0 Å². The van der Waals surface area contributed by atoms with Gasteiger partial charge in [-0.25, -0.2) is 6.57 Å². The van der Waals surface area contributed by atoms with Crippen LogP contribution in [-0.2, 0) is 4.79 Å². The first-order chi connectivity index (χ1) is 6.65. The van der Waals surface area contributed by atoms with E-state index in [-0.39, 0.29) is 18.2 Å². The minimum atomic E-state index is -0.259. The number of likely N-dealkylation sites (N-methyl/N-ethyl adjacent to an activating group) is 1. The van der Waals surface area contributed by atoms with Crippen LogP contribution >= 0.6 is 0 Å². The van der Waals surface area contributed by atoms with Crippen LogP contribution in [0.5, 0.6) is 5.75 Å². The minimum Gasteiger partial charge on any atom is -0.508 e. The van der Waals surface area contributed by atoms with E-state index in [0.29, 0.717) is 5.69 Å². The minimum absolute atomic E-state index is 0.153. The Kier molecular flexibility index (Phi) is 3.08. The van der Waals surface area contributed by atoms with Gasteiger partial charge in [-0.3, -0.25) is 4.79 Å². The fourth-order valence-corrected chi connectivity index (χ4v) is 0.994. The summed E-state index contributed by atoms with van der Waals surface area (Å²) in [7, 11) is 1.60. The van der Waals surface area contributed by atoms with Crippen LogP contribution in [0.4, 0.5) is 5.69 Å². The van der Waals surface area contributed by atoms with Crippen LogP contribution in [0.1, 0.15) is 0 Å². The van der Waals surface area contributed by atoms with Crippen molar-refractivity contribution < 1.29 is 9.90 Å². The largest absolute Gasteiger partial charge is 0.508 e. The lowest BCUT2D eigenvalue weighted by Gasteiger charge is -2.13. The summed E-state index contributed by atoms with van der Waals surface area (Å²) in [4.78, 5) is 15.7. The summed E-state index contributed by atoms with van der Waals surface area (Å²) in [5, 5.41) is 9.03. The number of aromatic hydroxyl groups is 1. The van der Waals surface area contributed by atoms with Gasteiger partial charge in [-0.05, 0) is 24.3 Å². The number of carbonyl (C=O) groups excluding carboxylic acids is 1. The maximum Gasteiger partial charge on any atom is 0.306 e. The Hall–Kier alpha value is -2.02. The predicted octanol–water partition coefficient (Wildman–Crippen LogP) is 1.27. The molecule has 0 aliphatic heterocycles. The fraction of sp³-hybridized carbons (Fsp3) is 0.200. The summed E-state index contributed by atoms with van der Waals surface area (Å²) >= 11 is 0. The third kappa shape index (κ3) is 2.23. The van der Waals surface area contributed by atoms with Crippen LogP contribution in [0.15, 0.2) is 24.3 Å². The monoisotopic (exact) mass is 190 g/mol. The van der Waals surface area contributed by atoms with E-state index in [0.717, 1.165) is 0 Å². The van der Waals surface area contributed by atoms with Crippen molar-refractivity contribution in [2.75, 3.05) is 18.5 Å². The fourth-order valence-electron chi connectivity index (χ4n) is 0.994. The number of anilines is 1. The van der Waals surface area contributed by atoms with Crippen molar-refractivity contribution in [3.8, 4) is 5.75 Å². The zero-order chi connectivity index (χ0) is 10.6. The van der Waals surface area contributed by atoms with Crippen LogP contribution in [-0.4, -0.2) is 24.6 Å². The molecule has 0 heterocycles. The SMILES string of the molecule is [C-]#[N+]CC(=O)N(C)c1ccc(O)cc1. The molecule has 0 spiro atoms. The van der Waals surface area contributed by atoms with E-state index in [9.17, 15) is 4.79 Å². The van der Waals surface area contributed by atoms with Gasteiger partial charge in [-0.15, -0.1) is 0 Å². The maximum atomic E-state index is 11.3. The molecule has 72 valence electrons. The topological polar surface area (TPSA) is 44.9 Å². The van der Waals surface area contributed by atoms with Gasteiger partial charge in [0.05, 0.1) is 0 Å². The average molecular weight is 190 g/mol. The molecule has 4 nitrogen and oxygen atoms in total. The van der Waals surface area contributed by atoms with Crippen molar-refractivity contribution in [2.45, 2.75) is 0 Å². The number of carbonyl (C=O) groups is 1. The van der Waals surface area contributed by atoms with Crippen LogP contribution < -0.4 is 4.90 Å². The molecule has 0 fully saturated rings. The molecule has 1 aromatic carbocycles. The first kappa shape index (κ1) is 10.1. The van der Waals surface area contributed by atoms with E-state index < -0.39 is 0 Å². The number of benzene rings is 1. The van der Waals surface area contributed by atoms with E-state index in [1.165, 1.54) is 17.0 Å². The highest BCUT2D eigenvalue weighted by atomic mass is 16.3. The second-order valence-corrected chi connectivity index (χ2v) is 2.79. The average Bonchev–Trinajstić information content (AvgIpc) is 2.18. The molecular weight excluding hydrogens is 180 g/mol. The maximum absolute atomic E-state index is 11.3. The molecule has 0 aliphatic rings. The Morgan fingerprint density at radius 3 is 2.57 bits per heavy atom. The molecule has 0 radical (unpaired) electrons. The second kappa shape index (κ2) is 4.28. The molecular formula is C10H10N2O2. The zero-order valence-corrected chi connectivity index (χ0v) is 7.77. The molecule has 0 aliphatic carbocycles. The number of hydrogen-bond donors (Lipinski definition) is 1. The third-order valence-electron chi connectivity index (χ3n) is 1.83. The van der Waals surface area contributed by atoms with Gasteiger partial charge in [-0.1, -0.05) is 0 Å². The number of rotatable bonds is 2. The number of amides is 1. The molecule has 1 rings (SSSR count). The number of phenols is 1. The highest BCUT2D eigenvalue weighted by molar-refractivity contribution is 5.95. The lowest BCUT2D eigenvalue weighted by molar-refractivity contribution is -0.116. The van der Waals surface area contributed by atoms with E-state index >= 15 is 0 Å². The molecule has 0 bridgehead atoms. The molecule has 0 unspecified atom stereocenters. The third-order valence-corrected chi connectivity index (χ3v) is 1.83. The number of nitrogens with zero attached hydrogens (tertiary/aromatic N) is 2.